The number of hydrogen-bond donors (Lipinski definition) is 1. The van der Waals surface area contributed by atoms with Gasteiger partial charge < -0.3 is 24.4 Å². The molecule has 3 unspecified atom stereocenters. The van der Waals surface area contributed by atoms with Gasteiger partial charge in [-0.15, -0.1) is 6.58 Å². The fourth-order valence-corrected chi connectivity index (χ4v) is 8.11. The minimum absolute atomic E-state index is 0.160. The van der Waals surface area contributed by atoms with Crippen LogP contribution in [0.25, 0.3) is 10.8 Å². The number of aliphatic hydroxyl groups excluding tert-OH is 1. The summed E-state index contributed by atoms with van der Waals surface area (Å²) in [7, 11) is 0. The van der Waals surface area contributed by atoms with E-state index in [1.807, 2.05) is 72.8 Å². The smallest absolute Gasteiger partial charge is 0.312 e. The standard InChI is InChI=1S/C33H33BrN2O6/c1-3-16-35(23-15-14-20-10-8-9-13-22(20)17-23)31(39)29-33-18-24(34)28(42-33)26(32(40)41-4-2)27(33)30(38)36(29)25(19-37)21-11-6-5-7-12-21/h3,5-15,17,24-29,37H,1,4,16,18-19H2,2H3/t24?,25-,26-,27+,28-,29?,33?/m1/s1. The molecule has 3 fully saturated rings. The van der Waals surface area contributed by atoms with Gasteiger partial charge in [-0.25, -0.2) is 0 Å². The van der Waals surface area contributed by atoms with Crippen LogP contribution < -0.4 is 4.90 Å². The fraction of sp³-hybridized carbons (Fsp3) is 0.364. The number of carbonyl (C=O) groups excluding carboxylic acids is 3. The Labute approximate surface area is 253 Å². The van der Waals surface area contributed by atoms with E-state index in [4.69, 9.17) is 9.47 Å². The Morgan fingerprint density at radius 2 is 1.88 bits per heavy atom. The fourth-order valence-electron chi connectivity index (χ4n) is 7.16. The van der Waals surface area contributed by atoms with Crippen molar-refractivity contribution < 1.29 is 29.0 Å². The van der Waals surface area contributed by atoms with Gasteiger partial charge in [-0.3, -0.25) is 14.4 Å². The summed E-state index contributed by atoms with van der Waals surface area (Å²) in [5.74, 6) is -3.07. The zero-order valence-corrected chi connectivity index (χ0v) is 24.9. The number of esters is 1. The van der Waals surface area contributed by atoms with Crippen molar-refractivity contribution in [2.24, 2.45) is 11.8 Å². The molecule has 0 aromatic heterocycles. The van der Waals surface area contributed by atoms with Crippen LogP contribution in [0.3, 0.4) is 0 Å². The number of nitrogens with zero attached hydrogens (tertiary/aromatic N) is 2. The molecular weight excluding hydrogens is 600 g/mol. The minimum Gasteiger partial charge on any atom is -0.466 e. The Kier molecular flexibility index (Phi) is 7.68. The SMILES string of the molecule is C=CCN(C(=O)C1N([C@H](CO)c2ccccc2)C(=O)[C@@H]2[C@@H](C(=O)OCC)[C@@H]3OC12CC3Br)c1ccc2ccccc2c1. The van der Waals surface area contributed by atoms with E-state index in [1.165, 1.54) is 4.90 Å². The van der Waals surface area contributed by atoms with Crippen molar-refractivity contribution >= 4 is 50.2 Å². The van der Waals surface area contributed by atoms with Crippen LogP contribution in [0.15, 0.2) is 85.5 Å². The van der Waals surface area contributed by atoms with E-state index >= 15 is 0 Å². The van der Waals surface area contributed by atoms with Gasteiger partial charge in [0.15, 0.2) is 0 Å². The van der Waals surface area contributed by atoms with Gasteiger partial charge in [-0.2, -0.15) is 0 Å². The molecule has 3 aromatic carbocycles. The van der Waals surface area contributed by atoms with Crippen molar-refractivity contribution in [3.8, 4) is 0 Å². The molecule has 3 aromatic rings. The minimum atomic E-state index is -1.29. The third kappa shape index (κ3) is 4.37. The Morgan fingerprint density at radius 3 is 2.57 bits per heavy atom. The first kappa shape index (κ1) is 28.6. The molecule has 7 atom stereocenters. The molecular formula is C33H33BrN2O6. The van der Waals surface area contributed by atoms with Crippen molar-refractivity contribution in [1.82, 2.24) is 4.90 Å². The molecule has 42 heavy (non-hydrogen) atoms. The molecule has 3 aliphatic rings. The number of halogens is 1. The van der Waals surface area contributed by atoms with Crippen LogP contribution in [0.1, 0.15) is 24.9 Å². The van der Waals surface area contributed by atoms with E-state index in [0.29, 0.717) is 17.7 Å². The molecule has 3 saturated heterocycles. The van der Waals surface area contributed by atoms with Crippen molar-refractivity contribution in [2.45, 2.75) is 42.0 Å². The molecule has 0 radical (unpaired) electrons. The van der Waals surface area contributed by atoms with Crippen molar-refractivity contribution in [1.29, 1.82) is 0 Å². The van der Waals surface area contributed by atoms with Crippen LogP contribution in [0, 0.1) is 11.8 Å². The van der Waals surface area contributed by atoms with Crippen LogP contribution in [0.5, 0.6) is 0 Å². The Bertz CT molecular complexity index is 1530. The van der Waals surface area contributed by atoms with Gasteiger partial charge in [0, 0.05) is 17.1 Å². The summed E-state index contributed by atoms with van der Waals surface area (Å²) >= 11 is 3.69. The summed E-state index contributed by atoms with van der Waals surface area (Å²) in [6.45, 7) is 5.55. The van der Waals surface area contributed by atoms with Crippen LogP contribution in [-0.4, -0.2) is 70.1 Å². The zero-order valence-electron chi connectivity index (χ0n) is 23.3. The Hall–Kier alpha value is -3.53. The Balaban J connectivity index is 1.50. The van der Waals surface area contributed by atoms with Crippen LogP contribution in [0.4, 0.5) is 5.69 Å². The highest BCUT2D eigenvalue weighted by Crippen LogP contribution is 2.61. The summed E-state index contributed by atoms with van der Waals surface area (Å²) in [6.07, 6.45) is 1.38. The van der Waals surface area contributed by atoms with Gasteiger partial charge >= 0.3 is 5.97 Å². The third-order valence-corrected chi connectivity index (χ3v) is 9.68. The van der Waals surface area contributed by atoms with E-state index in [1.54, 1.807) is 17.9 Å². The molecule has 1 N–H and O–H groups in total. The largest absolute Gasteiger partial charge is 0.466 e. The van der Waals surface area contributed by atoms with Gasteiger partial charge in [0.2, 0.25) is 5.91 Å². The molecule has 3 heterocycles. The van der Waals surface area contributed by atoms with Gasteiger partial charge in [-0.05, 0) is 41.8 Å². The molecule has 218 valence electrons. The van der Waals surface area contributed by atoms with Gasteiger partial charge in [0.05, 0.1) is 37.2 Å². The Morgan fingerprint density at radius 1 is 1.17 bits per heavy atom. The number of likely N-dealkylation sites (tertiary alicyclic amines) is 1. The average Bonchev–Trinajstić information content (AvgIpc) is 3.60. The second-order valence-electron chi connectivity index (χ2n) is 11.0. The topological polar surface area (TPSA) is 96.4 Å². The first-order chi connectivity index (χ1) is 20.4. The molecule has 8 nitrogen and oxygen atoms in total. The second kappa shape index (κ2) is 11.3. The normalized spacial score (nSPS) is 28.5. The number of benzene rings is 3. The zero-order chi connectivity index (χ0) is 29.6. The number of rotatable bonds is 9. The molecule has 2 amide bonds. The lowest BCUT2D eigenvalue weighted by Crippen LogP contribution is -2.57. The lowest BCUT2D eigenvalue weighted by molar-refractivity contribution is -0.155. The number of fused-ring (bicyclic) bond motifs is 2. The predicted octanol–water partition coefficient (Wildman–Crippen LogP) is 4.40. The summed E-state index contributed by atoms with van der Waals surface area (Å²) in [5, 5.41) is 12.7. The molecule has 0 saturated carbocycles. The monoisotopic (exact) mass is 632 g/mol. The number of hydrogen-bond acceptors (Lipinski definition) is 6. The van der Waals surface area contributed by atoms with Crippen molar-refractivity contribution in [2.75, 3.05) is 24.7 Å². The predicted molar refractivity (Wildman–Crippen MR) is 162 cm³/mol. The lowest BCUT2D eigenvalue weighted by Gasteiger charge is -2.39. The highest BCUT2D eigenvalue weighted by atomic mass is 79.9. The van der Waals surface area contributed by atoms with Crippen LogP contribution in [0.2, 0.25) is 0 Å². The maximum Gasteiger partial charge on any atom is 0.312 e. The summed E-state index contributed by atoms with van der Waals surface area (Å²) in [5.41, 5.74) is 0.0419. The number of anilines is 1. The van der Waals surface area contributed by atoms with Crippen LogP contribution in [-0.2, 0) is 23.9 Å². The highest BCUT2D eigenvalue weighted by Gasteiger charge is 2.77. The van der Waals surface area contributed by atoms with Crippen molar-refractivity contribution in [3.05, 3.63) is 91.0 Å². The first-order valence-electron chi connectivity index (χ1n) is 14.2. The van der Waals surface area contributed by atoms with E-state index < -0.39 is 54.1 Å². The summed E-state index contributed by atoms with van der Waals surface area (Å²) in [4.78, 5) is 45.5. The number of ether oxygens (including phenoxy) is 2. The lowest BCUT2D eigenvalue weighted by atomic mass is 9.70. The van der Waals surface area contributed by atoms with E-state index in [2.05, 4.69) is 22.5 Å². The maximum absolute atomic E-state index is 14.9. The van der Waals surface area contributed by atoms with Gasteiger partial charge in [-0.1, -0.05) is 82.7 Å². The van der Waals surface area contributed by atoms with E-state index in [0.717, 1.165) is 10.8 Å². The number of alkyl halides is 1. The first-order valence-corrected chi connectivity index (χ1v) is 15.2. The summed E-state index contributed by atoms with van der Waals surface area (Å²) in [6, 6.07) is 20.9. The maximum atomic E-state index is 14.9. The molecule has 2 bridgehead atoms. The molecule has 1 spiro atoms. The van der Waals surface area contributed by atoms with E-state index in [9.17, 15) is 19.5 Å². The number of amides is 2. The quantitative estimate of drug-likeness (QED) is 0.213. The second-order valence-corrected chi connectivity index (χ2v) is 12.2. The summed E-state index contributed by atoms with van der Waals surface area (Å²) < 4.78 is 12.0. The molecule has 3 aliphatic heterocycles. The molecule has 0 aliphatic carbocycles. The highest BCUT2D eigenvalue weighted by molar-refractivity contribution is 9.09. The van der Waals surface area contributed by atoms with Gasteiger partial charge in [0.25, 0.3) is 5.91 Å². The number of aliphatic hydroxyl groups is 1. The van der Waals surface area contributed by atoms with E-state index in [-0.39, 0.29) is 23.9 Å². The third-order valence-electron chi connectivity index (χ3n) is 8.84. The molecule has 6 rings (SSSR count). The molecule has 9 heteroatoms. The van der Waals surface area contributed by atoms with Crippen molar-refractivity contribution in [3.63, 3.8) is 0 Å². The van der Waals surface area contributed by atoms with Crippen LogP contribution >= 0.6 is 15.9 Å². The average molecular weight is 634 g/mol. The number of carbonyl (C=O) groups is 3. The van der Waals surface area contributed by atoms with Gasteiger partial charge in [0.1, 0.15) is 11.6 Å².